The first-order valence-corrected chi connectivity index (χ1v) is 6.66. The van der Waals surface area contributed by atoms with Crippen molar-refractivity contribution in [3.05, 3.63) is 58.1 Å². The van der Waals surface area contributed by atoms with E-state index in [1.165, 1.54) is 11.8 Å². The first-order valence-electron chi connectivity index (χ1n) is 5.09. The van der Waals surface area contributed by atoms with Gasteiger partial charge in [0.15, 0.2) is 0 Å². The summed E-state index contributed by atoms with van der Waals surface area (Å²) in [6.45, 7) is 0. The predicted octanol–water partition coefficient (Wildman–Crippen LogP) is 4.24. The average Bonchev–Trinajstić information content (AvgIpc) is 2.32. The van der Waals surface area contributed by atoms with Gasteiger partial charge in [0.25, 0.3) is 0 Å². The monoisotopic (exact) mass is 297 g/mol. The molecule has 2 N–H and O–H groups in total. The van der Waals surface area contributed by atoms with E-state index in [1.807, 2.05) is 12.1 Å². The molecule has 0 unspecified atom stereocenters. The summed E-state index contributed by atoms with van der Waals surface area (Å²) in [6, 6.07) is 12.3. The van der Waals surface area contributed by atoms with Gasteiger partial charge in [-0.2, -0.15) is 0 Å². The highest BCUT2D eigenvalue weighted by Gasteiger charge is 2.10. The molecule has 0 fully saturated rings. The Balaban J connectivity index is 2.35. The predicted molar refractivity (Wildman–Crippen MR) is 75.5 cm³/mol. The molecule has 0 aliphatic rings. The fraction of sp³-hybridized carbons (Fsp3) is 0. The zero-order valence-electron chi connectivity index (χ0n) is 9.19. The SMILES string of the molecule is NC(=O)c1ccc(Cl)cc1Sc1ccc(Cl)cc1. The first kappa shape index (κ1) is 13.3. The minimum atomic E-state index is -0.469. The van der Waals surface area contributed by atoms with Crippen molar-refractivity contribution in [2.24, 2.45) is 5.73 Å². The summed E-state index contributed by atoms with van der Waals surface area (Å²) in [5.41, 5.74) is 5.78. The maximum Gasteiger partial charge on any atom is 0.249 e. The summed E-state index contributed by atoms with van der Waals surface area (Å²) < 4.78 is 0. The van der Waals surface area contributed by atoms with Gasteiger partial charge in [-0.15, -0.1) is 0 Å². The molecule has 0 bridgehead atoms. The maximum atomic E-state index is 11.3. The van der Waals surface area contributed by atoms with Gasteiger partial charge in [0, 0.05) is 19.8 Å². The quantitative estimate of drug-likeness (QED) is 0.920. The lowest BCUT2D eigenvalue weighted by Crippen LogP contribution is -2.11. The molecule has 2 rings (SSSR count). The zero-order valence-corrected chi connectivity index (χ0v) is 11.5. The normalized spacial score (nSPS) is 10.3. The minimum absolute atomic E-state index is 0.458. The van der Waals surface area contributed by atoms with E-state index in [1.54, 1.807) is 30.3 Å². The van der Waals surface area contributed by atoms with Crippen LogP contribution in [0.2, 0.25) is 10.0 Å². The topological polar surface area (TPSA) is 43.1 Å². The Morgan fingerprint density at radius 1 is 1.00 bits per heavy atom. The zero-order chi connectivity index (χ0) is 13.1. The van der Waals surface area contributed by atoms with Crippen molar-refractivity contribution in [1.29, 1.82) is 0 Å². The number of primary amides is 1. The largest absolute Gasteiger partial charge is 0.366 e. The van der Waals surface area contributed by atoms with Gasteiger partial charge in [0.05, 0.1) is 5.56 Å². The number of carbonyl (C=O) groups excluding carboxylic acids is 1. The number of halogens is 2. The van der Waals surface area contributed by atoms with Crippen LogP contribution in [-0.2, 0) is 0 Å². The van der Waals surface area contributed by atoms with E-state index >= 15 is 0 Å². The third-order valence-electron chi connectivity index (χ3n) is 2.25. The Kier molecular flexibility index (Phi) is 4.17. The number of benzene rings is 2. The van der Waals surface area contributed by atoms with Crippen LogP contribution in [0.15, 0.2) is 52.3 Å². The number of nitrogens with two attached hydrogens (primary N) is 1. The summed E-state index contributed by atoms with van der Waals surface area (Å²) in [7, 11) is 0. The van der Waals surface area contributed by atoms with Gasteiger partial charge in [-0.05, 0) is 42.5 Å². The molecule has 0 aliphatic heterocycles. The standard InChI is InChI=1S/C13H9Cl2NOS/c14-8-1-4-10(5-2-8)18-12-7-9(15)3-6-11(12)13(16)17/h1-7H,(H2,16,17). The van der Waals surface area contributed by atoms with Crippen LogP contribution in [0.5, 0.6) is 0 Å². The van der Waals surface area contributed by atoms with Gasteiger partial charge in [0.1, 0.15) is 0 Å². The molecule has 0 spiro atoms. The fourth-order valence-corrected chi connectivity index (χ4v) is 2.77. The summed E-state index contributed by atoms with van der Waals surface area (Å²) in [6.07, 6.45) is 0. The molecule has 0 saturated heterocycles. The summed E-state index contributed by atoms with van der Waals surface area (Å²) in [5, 5.41) is 1.23. The lowest BCUT2D eigenvalue weighted by atomic mass is 10.2. The fourth-order valence-electron chi connectivity index (χ4n) is 1.41. The van der Waals surface area contributed by atoms with Gasteiger partial charge in [-0.25, -0.2) is 0 Å². The molecule has 0 aliphatic carbocycles. The van der Waals surface area contributed by atoms with Crippen molar-refractivity contribution >= 4 is 40.9 Å². The molecule has 0 radical (unpaired) electrons. The van der Waals surface area contributed by atoms with Gasteiger partial charge in [0.2, 0.25) is 5.91 Å². The van der Waals surface area contributed by atoms with E-state index in [0.717, 1.165) is 9.79 Å². The van der Waals surface area contributed by atoms with Crippen molar-refractivity contribution in [3.8, 4) is 0 Å². The Labute approximate surface area is 119 Å². The van der Waals surface area contributed by atoms with Crippen molar-refractivity contribution in [3.63, 3.8) is 0 Å². The van der Waals surface area contributed by atoms with Crippen LogP contribution in [0.25, 0.3) is 0 Å². The summed E-state index contributed by atoms with van der Waals surface area (Å²) >= 11 is 13.2. The highest BCUT2D eigenvalue weighted by atomic mass is 35.5. The number of carbonyl (C=O) groups is 1. The highest BCUT2D eigenvalue weighted by molar-refractivity contribution is 7.99. The van der Waals surface area contributed by atoms with E-state index in [-0.39, 0.29) is 0 Å². The molecular weight excluding hydrogens is 289 g/mol. The van der Waals surface area contributed by atoms with Crippen molar-refractivity contribution < 1.29 is 4.79 Å². The second-order valence-corrected chi connectivity index (χ2v) is 5.55. The number of amides is 1. The third-order valence-corrected chi connectivity index (χ3v) is 3.80. The molecule has 0 saturated carbocycles. The van der Waals surface area contributed by atoms with Crippen LogP contribution < -0.4 is 5.73 Å². The maximum absolute atomic E-state index is 11.3. The Morgan fingerprint density at radius 2 is 1.61 bits per heavy atom. The molecule has 1 amide bonds. The summed E-state index contributed by atoms with van der Waals surface area (Å²) in [4.78, 5) is 13.0. The van der Waals surface area contributed by atoms with Crippen molar-refractivity contribution in [1.82, 2.24) is 0 Å². The number of hydrogen-bond donors (Lipinski definition) is 1. The van der Waals surface area contributed by atoms with Gasteiger partial charge >= 0.3 is 0 Å². The Hall–Kier alpha value is -1.16. The van der Waals surface area contributed by atoms with Crippen LogP contribution in [-0.4, -0.2) is 5.91 Å². The molecule has 2 aromatic carbocycles. The van der Waals surface area contributed by atoms with Crippen molar-refractivity contribution in [2.75, 3.05) is 0 Å². The molecule has 2 aromatic rings. The van der Waals surface area contributed by atoms with Gasteiger partial charge in [-0.3, -0.25) is 4.79 Å². The lowest BCUT2D eigenvalue weighted by Gasteiger charge is -2.07. The molecule has 92 valence electrons. The van der Waals surface area contributed by atoms with Crippen molar-refractivity contribution in [2.45, 2.75) is 9.79 Å². The van der Waals surface area contributed by atoms with E-state index in [4.69, 9.17) is 28.9 Å². The highest BCUT2D eigenvalue weighted by Crippen LogP contribution is 2.32. The van der Waals surface area contributed by atoms with Crippen LogP contribution in [0.1, 0.15) is 10.4 Å². The van der Waals surface area contributed by atoms with Crippen LogP contribution >= 0.6 is 35.0 Å². The Morgan fingerprint density at radius 3 is 2.22 bits per heavy atom. The second kappa shape index (κ2) is 5.65. The smallest absolute Gasteiger partial charge is 0.249 e. The van der Waals surface area contributed by atoms with Crippen LogP contribution in [0.4, 0.5) is 0 Å². The second-order valence-electron chi connectivity index (χ2n) is 3.56. The molecular formula is C13H9Cl2NOS. The number of hydrogen-bond acceptors (Lipinski definition) is 2. The Bertz CT molecular complexity index is 584. The minimum Gasteiger partial charge on any atom is -0.366 e. The van der Waals surface area contributed by atoms with E-state index in [2.05, 4.69) is 0 Å². The van der Waals surface area contributed by atoms with E-state index < -0.39 is 5.91 Å². The number of rotatable bonds is 3. The molecule has 0 aromatic heterocycles. The van der Waals surface area contributed by atoms with Crippen LogP contribution in [0.3, 0.4) is 0 Å². The molecule has 0 heterocycles. The first-order chi connectivity index (χ1) is 8.56. The van der Waals surface area contributed by atoms with Gasteiger partial charge < -0.3 is 5.73 Å². The van der Waals surface area contributed by atoms with E-state index in [0.29, 0.717) is 15.6 Å². The molecule has 2 nitrogen and oxygen atoms in total. The summed E-state index contributed by atoms with van der Waals surface area (Å²) in [5.74, 6) is -0.469. The molecule has 0 atom stereocenters. The third kappa shape index (κ3) is 3.19. The van der Waals surface area contributed by atoms with E-state index in [9.17, 15) is 4.79 Å². The van der Waals surface area contributed by atoms with Crippen LogP contribution in [0, 0.1) is 0 Å². The van der Waals surface area contributed by atoms with Gasteiger partial charge in [-0.1, -0.05) is 35.0 Å². The average molecular weight is 298 g/mol. The molecule has 18 heavy (non-hydrogen) atoms. The lowest BCUT2D eigenvalue weighted by molar-refractivity contribution is 0.0997. The molecule has 5 heteroatoms.